The highest BCUT2D eigenvalue weighted by Gasteiger charge is 2.16. The molecule has 8 nitrogen and oxygen atoms in total. The fraction of sp³-hybridized carbons (Fsp3) is 0.200. The van der Waals surface area contributed by atoms with Gasteiger partial charge in [-0.3, -0.25) is 20.4 Å². The van der Waals surface area contributed by atoms with E-state index in [2.05, 4.69) is 15.6 Å². The molecule has 0 radical (unpaired) electrons. The lowest BCUT2D eigenvalue weighted by molar-refractivity contribution is -0.122. The van der Waals surface area contributed by atoms with E-state index in [0.29, 0.717) is 5.75 Å². The van der Waals surface area contributed by atoms with Crippen molar-refractivity contribution in [2.24, 2.45) is 0 Å². The summed E-state index contributed by atoms with van der Waals surface area (Å²) >= 11 is 0. The van der Waals surface area contributed by atoms with Crippen LogP contribution in [0.25, 0.3) is 0 Å². The zero-order valence-electron chi connectivity index (χ0n) is 19.0. The molecular weight excluding hydrogens is 454 g/mol. The summed E-state index contributed by atoms with van der Waals surface area (Å²) in [5.74, 6) is -0.369. The molecule has 0 unspecified atom stereocenters. The van der Waals surface area contributed by atoms with E-state index in [1.54, 1.807) is 0 Å². The normalized spacial score (nSPS) is 11.0. The Balaban J connectivity index is 1.50. The Morgan fingerprint density at radius 2 is 1.65 bits per heavy atom. The molecule has 0 spiro atoms. The molecule has 0 fully saturated rings. The van der Waals surface area contributed by atoms with Crippen molar-refractivity contribution in [3.05, 3.63) is 95.1 Å². The molecule has 0 aromatic heterocycles. The lowest BCUT2D eigenvalue weighted by atomic mass is 10.1. The predicted octanol–water partition coefficient (Wildman–Crippen LogP) is 3.01. The van der Waals surface area contributed by atoms with E-state index in [-0.39, 0.29) is 30.0 Å². The Bertz CT molecular complexity index is 1260. The highest BCUT2D eigenvalue weighted by atomic mass is 32.2. The van der Waals surface area contributed by atoms with Gasteiger partial charge in [-0.1, -0.05) is 48.5 Å². The third-order valence-electron chi connectivity index (χ3n) is 4.96. The number of ether oxygens (including phenoxy) is 1. The molecule has 34 heavy (non-hydrogen) atoms. The number of aryl methyl sites for hydroxylation is 2. The Hall–Kier alpha value is -3.69. The average molecular weight is 482 g/mol. The maximum atomic E-state index is 12.6. The monoisotopic (exact) mass is 481 g/mol. The number of hydrogen-bond donors (Lipinski definition) is 3. The van der Waals surface area contributed by atoms with E-state index in [4.69, 9.17) is 4.74 Å². The number of amides is 2. The van der Waals surface area contributed by atoms with Crippen molar-refractivity contribution < 1.29 is 22.7 Å². The van der Waals surface area contributed by atoms with Crippen LogP contribution in [0.5, 0.6) is 5.75 Å². The van der Waals surface area contributed by atoms with Gasteiger partial charge in [0.25, 0.3) is 5.91 Å². The fourth-order valence-electron chi connectivity index (χ4n) is 3.04. The molecule has 3 N–H and O–H groups in total. The SMILES string of the molecule is Cc1ccc(C)c(OCCC(=O)NNC(=O)c2cccc(S(=O)(=O)NCc3ccccc3)c2)c1. The minimum absolute atomic E-state index is 0.0332. The molecule has 3 rings (SSSR count). The van der Waals surface area contributed by atoms with Crippen molar-refractivity contribution in [3.63, 3.8) is 0 Å². The van der Waals surface area contributed by atoms with Crippen LogP contribution in [0.3, 0.4) is 0 Å². The molecule has 2 amide bonds. The van der Waals surface area contributed by atoms with Crippen LogP contribution in [0.4, 0.5) is 0 Å². The van der Waals surface area contributed by atoms with Crippen molar-refractivity contribution in [2.75, 3.05) is 6.61 Å². The van der Waals surface area contributed by atoms with Gasteiger partial charge < -0.3 is 4.74 Å². The van der Waals surface area contributed by atoms with Crippen molar-refractivity contribution in [3.8, 4) is 5.75 Å². The van der Waals surface area contributed by atoms with Crippen LogP contribution in [-0.2, 0) is 21.4 Å². The molecular formula is C25H27N3O5S. The number of hydrogen-bond acceptors (Lipinski definition) is 5. The number of carbonyl (C=O) groups is 2. The molecule has 0 saturated carbocycles. The molecule has 0 saturated heterocycles. The van der Waals surface area contributed by atoms with Gasteiger partial charge in [0.2, 0.25) is 15.9 Å². The summed E-state index contributed by atoms with van der Waals surface area (Å²) in [5, 5.41) is 0. The van der Waals surface area contributed by atoms with Crippen LogP contribution in [0.2, 0.25) is 0 Å². The van der Waals surface area contributed by atoms with Gasteiger partial charge in [-0.25, -0.2) is 13.1 Å². The van der Waals surface area contributed by atoms with Crippen molar-refractivity contribution in [1.29, 1.82) is 0 Å². The highest BCUT2D eigenvalue weighted by molar-refractivity contribution is 7.89. The number of nitrogens with one attached hydrogen (secondary N) is 3. The number of rotatable bonds is 9. The standard InChI is InChI=1S/C25H27N3O5S/c1-18-11-12-19(2)23(15-18)33-14-13-24(29)27-28-25(30)21-9-6-10-22(16-21)34(31,32)26-17-20-7-4-3-5-8-20/h3-12,15-16,26H,13-14,17H2,1-2H3,(H,27,29)(H,28,30). The third kappa shape index (κ3) is 7.16. The van der Waals surface area contributed by atoms with Crippen LogP contribution in [0.1, 0.15) is 33.5 Å². The molecule has 0 aliphatic rings. The van der Waals surface area contributed by atoms with Gasteiger partial charge in [0.05, 0.1) is 17.9 Å². The van der Waals surface area contributed by atoms with Gasteiger partial charge in [0, 0.05) is 12.1 Å². The summed E-state index contributed by atoms with van der Waals surface area (Å²) in [7, 11) is -3.82. The Kier molecular flexibility index (Phi) is 8.39. The molecule has 178 valence electrons. The minimum atomic E-state index is -3.82. The molecule has 0 atom stereocenters. The number of carbonyl (C=O) groups excluding carboxylic acids is 2. The average Bonchev–Trinajstić information content (AvgIpc) is 2.84. The van der Waals surface area contributed by atoms with Crippen molar-refractivity contribution in [2.45, 2.75) is 31.7 Å². The summed E-state index contributed by atoms with van der Waals surface area (Å²) in [6, 6.07) is 20.5. The van der Waals surface area contributed by atoms with Crippen molar-refractivity contribution >= 4 is 21.8 Å². The van der Waals surface area contributed by atoms with Gasteiger partial charge in [-0.15, -0.1) is 0 Å². The zero-order chi connectivity index (χ0) is 24.6. The van der Waals surface area contributed by atoms with Crippen LogP contribution in [0.15, 0.2) is 77.7 Å². The topological polar surface area (TPSA) is 114 Å². The predicted molar refractivity (Wildman–Crippen MR) is 129 cm³/mol. The Labute approximate surface area is 199 Å². The third-order valence-corrected chi connectivity index (χ3v) is 6.36. The second-order valence-electron chi connectivity index (χ2n) is 7.71. The van der Waals surface area contributed by atoms with Gasteiger partial charge >= 0.3 is 0 Å². The van der Waals surface area contributed by atoms with E-state index in [0.717, 1.165) is 16.7 Å². The van der Waals surface area contributed by atoms with E-state index in [9.17, 15) is 18.0 Å². The van der Waals surface area contributed by atoms with Gasteiger partial charge in [0.15, 0.2) is 0 Å². The summed E-state index contributed by atoms with van der Waals surface area (Å²) < 4.78 is 33.3. The van der Waals surface area contributed by atoms with Gasteiger partial charge in [-0.05, 0) is 54.8 Å². The molecule has 0 heterocycles. The zero-order valence-corrected chi connectivity index (χ0v) is 19.8. The fourth-order valence-corrected chi connectivity index (χ4v) is 4.10. The van der Waals surface area contributed by atoms with Gasteiger partial charge in [-0.2, -0.15) is 0 Å². The highest BCUT2D eigenvalue weighted by Crippen LogP contribution is 2.19. The summed E-state index contributed by atoms with van der Waals surface area (Å²) in [5.41, 5.74) is 7.53. The quantitative estimate of drug-likeness (QED) is 0.407. The number of benzene rings is 3. The van der Waals surface area contributed by atoms with E-state index in [1.165, 1.54) is 24.3 Å². The molecule has 9 heteroatoms. The minimum Gasteiger partial charge on any atom is -0.493 e. The first-order chi connectivity index (χ1) is 16.2. The van der Waals surface area contributed by atoms with Crippen molar-refractivity contribution in [1.82, 2.24) is 15.6 Å². The largest absolute Gasteiger partial charge is 0.493 e. The first kappa shape index (κ1) is 24.9. The molecule has 0 bridgehead atoms. The molecule has 0 aliphatic carbocycles. The first-order valence-corrected chi connectivity index (χ1v) is 12.2. The second kappa shape index (κ2) is 11.4. The summed E-state index contributed by atoms with van der Waals surface area (Å²) in [6.07, 6.45) is 0.0332. The smallest absolute Gasteiger partial charge is 0.269 e. The lowest BCUT2D eigenvalue weighted by Gasteiger charge is -2.11. The molecule has 3 aromatic carbocycles. The maximum Gasteiger partial charge on any atom is 0.269 e. The number of sulfonamides is 1. The van der Waals surface area contributed by atoms with Crippen LogP contribution in [0, 0.1) is 13.8 Å². The Morgan fingerprint density at radius 1 is 0.882 bits per heavy atom. The number of hydrazine groups is 1. The van der Waals surface area contributed by atoms with Crippen LogP contribution >= 0.6 is 0 Å². The lowest BCUT2D eigenvalue weighted by Crippen LogP contribution is -2.42. The Morgan fingerprint density at radius 3 is 2.41 bits per heavy atom. The summed E-state index contributed by atoms with van der Waals surface area (Å²) in [4.78, 5) is 24.4. The van der Waals surface area contributed by atoms with E-state index >= 15 is 0 Å². The molecule has 0 aliphatic heterocycles. The van der Waals surface area contributed by atoms with Crippen LogP contribution in [-0.4, -0.2) is 26.8 Å². The first-order valence-electron chi connectivity index (χ1n) is 10.7. The van der Waals surface area contributed by atoms with E-state index in [1.807, 2.05) is 62.4 Å². The second-order valence-corrected chi connectivity index (χ2v) is 9.47. The van der Waals surface area contributed by atoms with Gasteiger partial charge in [0.1, 0.15) is 5.75 Å². The molecule has 3 aromatic rings. The van der Waals surface area contributed by atoms with Crippen LogP contribution < -0.4 is 20.3 Å². The maximum absolute atomic E-state index is 12.6. The van der Waals surface area contributed by atoms with E-state index < -0.39 is 21.8 Å². The summed E-state index contributed by atoms with van der Waals surface area (Å²) in [6.45, 7) is 4.14.